The molecule has 0 radical (unpaired) electrons. The minimum absolute atomic E-state index is 0.0910. The Hall–Kier alpha value is 0.240. The Morgan fingerprint density at radius 1 is 1.29 bits per heavy atom. The van der Waals surface area contributed by atoms with E-state index in [9.17, 15) is 0 Å². The van der Waals surface area contributed by atoms with Gasteiger partial charge in [-0.2, -0.15) is 0 Å². The molecule has 0 aromatic rings. The van der Waals surface area contributed by atoms with E-state index in [2.05, 4.69) is 13.8 Å². The van der Waals surface area contributed by atoms with E-state index in [-0.39, 0.29) is 5.60 Å². The van der Waals surface area contributed by atoms with Crippen LogP contribution in [0.3, 0.4) is 0 Å². The summed E-state index contributed by atoms with van der Waals surface area (Å²) in [6.07, 6.45) is 7.36. The van der Waals surface area contributed by atoms with Crippen molar-refractivity contribution >= 4 is 28.4 Å². The van der Waals surface area contributed by atoms with Gasteiger partial charge in [0.15, 0.2) is 0 Å². The normalized spacial score (nSPS) is 19.7. The summed E-state index contributed by atoms with van der Waals surface area (Å²) in [5, 5.41) is 0. The van der Waals surface area contributed by atoms with Gasteiger partial charge in [-0.05, 0) is 37.9 Å². The van der Waals surface area contributed by atoms with Gasteiger partial charge in [0.05, 0.1) is 0 Å². The van der Waals surface area contributed by atoms with E-state index in [0.29, 0.717) is 0 Å². The molecule has 1 aliphatic rings. The van der Waals surface area contributed by atoms with E-state index in [4.69, 9.17) is 17.0 Å². The molecule has 0 atom stereocenters. The van der Waals surface area contributed by atoms with Crippen molar-refractivity contribution in [3.05, 3.63) is 0 Å². The number of rotatable bonds is 6. The number of unbranched alkanes of at least 4 members (excludes halogenated alkanes) is 2. The van der Waals surface area contributed by atoms with Gasteiger partial charge in [0.2, 0.25) is 4.38 Å². The number of thioether (sulfide) groups is 1. The van der Waals surface area contributed by atoms with Crippen molar-refractivity contribution in [2.75, 3.05) is 5.75 Å². The second-order valence-electron chi connectivity index (χ2n) is 4.03. The van der Waals surface area contributed by atoms with Gasteiger partial charge in [-0.25, -0.2) is 0 Å². The van der Waals surface area contributed by atoms with E-state index in [1.54, 1.807) is 11.8 Å². The molecule has 0 aromatic heterocycles. The molecular weight excluding hydrogens is 212 g/mol. The summed E-state index contributed by atoms with van der Waals surface area (Å²) < 4.78 is 6.61. The van der Waals surface area contributed by atoms with Crippen molar-refractivity contribution in [2.45, 2.75) is 58.0 Å². The van der Waals surface area contributed by atoms with Gasteiger partial charge < -0.3 is 4.74 Å². The van der Waals surface area contributed by atoms with E-state index >= 15 is 0 Å². The van der Waals surface area contributed by atoms with Gasteiger partial charge in [0.25, 0.3) is 0 Å². The quantitative estimate of drug-likeness (QED) is 0.637. The summed E-state index contributed by atoms with van der Waals surface area (Å²) in [5.74, 6) is 1.08. The molecule has 3 heteroatoms. The molecule has 1 heterocycles. The van der Waals surface area contributed by atoms with Crippen LogP contribution < -0.4 is 0 Å². The summed E-state index contributed by atoms with van der Waals surface area (Å²) in [5.41, 5.74) is 0.0910. The monoisotopic (exact) mass is 232 g/mol. The van der Waals surface area contributed by atoms with Crippen molar-refractivity contribution in [3.8, 4) is 0 Å². The average Bonchev–Trinajstić information content (AvgIpc) is 2.55. The SMILES string of the molecule is CCCCC1(CCCC)CSC(=S)O1. The highest BCUT2D eigenvalue weighted by atomic mass is 32.2. The van der Waals surface area contributed by atoms with Crippen LogP contribution in [0.5, 0.6) is 0 Å². The lowest BCUT2D eigenvalue weighted by Gasteiger charge is -2.27. The number of ether oxygens (including phenoxy) is 1. The van der Waals surface area contributed by atoms with E-state index in [1.165, 1.54) is 38.5 Å². The summed E-state index contributed by atoms with van der Waals surface area (Å²) in [4.78, 5) is 0. The van der Waals surface area contributed by atoms with Crippen molar-refractivity contribution in [1.82, 2.24) is 0 Å². The fourth-order valence-electron chi connectivity index (χ4n) is 1.80. The van der Waals surface area contributed by atoms with Gasteiger partial charge >= 0.3 is 0 Å². The third-order valence-electron chi connectivity index (χ3n) is 2.72. The fraction of sp³-hybridized carbons (Fsp3) is 0.909. The maximum Gasteiger partial charge on any atom is 0.220 e. The topological polar surface area (TPSA) is 9.23 Å². The predicted molar refractivity (Wildman–Crippen MR) is 67.9 cm³/mol. The van der Waals surface area contributed by atoms with Crippen molar-refractivity contribution < 1.29 is 4.74 Å². The van der Waals surface area contributed by atoms with Crippen LogP contribution in [0.2, 0.25) is 0 Å². The Labute approximate surface area is 97.0 Å². The Morgan fingerprint density at radius 2 is 1.86 bits per heavy atom. The lowest BCUT2D eigenvalue weighted by molar-refractivity contribution is 0.0735. The lowest BCUT2D eigenvalue weighted by atomic mass is 9.92. The molecule has 0 aliphatic carbocycles. The van der Waals surface area contributed by atoms with Gasteiger partial charge in [-0.1, -0.05) is 38.5 Å². The molecule has 0 saturated carbocycles. The molecule has 1 nitrogen and oxygen atoms in total. The van der Waals surface area contributed by atoms with Crippen molar-refractivity contribution in [2.24, 2.45) is 0 Å². The highest BCUT2D eigenvalue weighted by molar-refractivity contribution is 8.22. The molecule has 0 amide bonds. The molecule has 82 valence electrons. The Balaban J connectivity index is 2.46. The van der Waals surface area contributed by atoms with Crippen molar-refractivity contribution in [3.63, 3.8) is 0 Å². The first-order valence-electron chi connectivity index (χ1n) is 5.58. The van der Waals surface area contributed by atoms with Gasteiger partial charge in [0, 0.05) is 5.75 Å². The predicted octanol–water partition coefficient (Wildman–Crippen LogP) is 4.15. The molecule has 1 aliphatic heterocycles. The Bertz CT molecular complexity index is 184. The maximum atomic E-state index is 5.85. The maximum absolute atomic E-state index is 5.85. The molecule has 0 aromatic carbocycles. The number of hydrogen-bond acceptors (Lipinski definition) is 3. The van der Waals surface area contributed by atoms with Crippen LogP contribution in [0, 0.1) is 0 Å². The second kappa shape index (κ2) is 5.96. The Morgan fingerprint density at radius 3 is 2.21 bits per heavy atom. The van der Waals surface area contributed by atoms with Crippen LogP contribution in [0.4, 0.5) is 0 Å². The first-order chi connectivity index (χ1) is 6.72. The minimum atomic E-state index is 0.0910. The van der Waals surface area contributed by atoms with E-state index in [0.717, 1.165) is 10.1 Å². The van der Waals surface area contributed by atoms with Crippen LogP contribution in [0.15, 0.2) is 0 Å². The third-order valence-corrected chi connectivity index (χ3v) is 4.15. The van der Waals surface area contributed by atoms with E-state index in [1.807, 2.05) is 0 Å². The molecule has 14 heavy (non-hydrogen) atoms. The first kappa shape index (κ1) is 12.3. The zero-order valence-electron chi connectivity index (χ0n) is 9.17. The van der Waals surface area contributed by atoms with Crippen LogP contribution >= 0.6 is 24.0 Å². The highest BCUT2D eigenvalue weighted by Crippen LogP contribution is 2.37. The van der Waals surface area contributed by atoms with Crippen molar-refractivity contribution in [1.29, 1.82) is 0 Å². The molecule has 0 bridgehead atoms. The summed E-state index contributed by atoms with van der Waals surface area (Å²) in [6.45, 7) is 4.46. The summed E-state index contributed by atoms with van der Waals surface area (Å²) in [7, 11) is 0. The zero-order valence-corrected chi connectivity index (χ0v) is 10.8. The van der Waals surface area contributed by atoms with Crippen LogP contribution in [0.1, 0.15) is 52.4 Å². The van der Waals surface area contributed by atoms with Gasteiger partial charge in [-0.3, -0.25) is 0 Å². The smallest absolute Gasteiger partial charge is 0.220 e. The molecular formula is C11H20OS2. The van der Waals surface area contributed by atoms with Gasteiger partial charge in [-0.15, -0.1) is 0 Å². The summed E-state index contributed by atoms with van der Waals surface area (Å²) in [6, 6.07) is 0. The van der Waals surface area contributed by atoms with E-state index < -0.39 is 0 Å². The van der Waals surface area contributed by atoms with Gasteiger partial charge in [0.1, 0.15) is 5.60 Å². The largest absolute Gasteiger partial charge is 0.471 e. The minimum Gasteiger partial charge on any atom is -0.471 e. The average molecular weight is 232 g/mol. The van der Waals surface area contributed by atoms with Crippen LogP contribution in [0.25, 0.3) is 0 Å². The molecule has 1 fully saturated rings. The molecule has 0 spiro atoms. The standard InChI is InChI=1S/C11H20OS2/c1-3-5-7-11(8-6-4-2)9-14-10(13)12-11/h3-9H2,1-2H3. The molecule has 0 N–H and O–H groups in total. The summed E-state index contributed by atoms with van der Waals surface area (Å²) >= 11 is 6.82. The fourth-order valence-corrected chi connectivity index (χ4v) is 3.11. The molecule has 0 unspecified atom stereocenters. The third kappa shape index (κ3) is 3.43. The Kier molecular flexibility index (Phi) is 5.24. The highest BCUT2D eigenvalue weighted by Gasteiger charge is 2.37. The second-order valence-corrected chi connectivity index (χ2v) is 5.61. The molecule has 1 saturated heterocycles. The number of hydrogen-bond donors (Lipinski definition) is 0. The van der Waals surface area contributed by atoms with Crippen LogP contribution in [-0.2, 0) is 4.74 Å². The zero-order chi connectivity index (χ0) is 10.4. The number of thiocarbonyl (C=S) groups is 1. The molecule has 1 rings (SSSR count). The van der Waals surface area contributed by atoms with Crippen LogP contribution in [-0.4, -0.2) is 15.7 Å². The lowest BCUT2D eigenvalue weighted by Crippen LogP contribution is -2.31. The first-order valence-corrected chi connectivity index (χ1v) is 6.97.